The van der Waals surface area contributed by atoms with Crippen molar-refractivity contribution in [3.05, 3.63) is 24.3 Å². The summed E-state index contributed by atoms with van der Waals surface area (Å²) < 4.78 is 109. The van der Waals surface area contributed by atoms with Gasteiger partial charge in [0, 0.05) is 11.8 Å². The number of aliphatic hydroxyl groups excluding tert-OH is 30. The third-order valence-electron chi connectivity index (χ3n) is 38.2. The minimum atomic E-state index is -1.92. The van der Waals surface area contributed by atoms with Gasteiger partial charge in [-0.25, -0.2) is 0 Å². The molecule has 50 nitrogen and oxygen atoms in total. The van der Waals surface area contributed by atoms with Gasteiger partial charge in [0.1, 0.15) is 195 Å². The number of rotatable bonds is 32. The first-order valence-electron chi connectivity index (χ1n) is 52.9. The summed E-state index contributed by atoms with van der Waals surface area (Å²) in [6, 6.07) is 0. The van der Waals surface area contributed by atoms with Gasteiger partial charge in [-0.15, -0.1) is 0 Å². The molecule has 0 aromatic heterocycles. The van der Waals surface area contributed by atoms with Crippen molar-refractivity contribution in [2.75, 3.05) is 92.5 Å². The number of hydrogen-bond donors (Lipinski definition) is 30. The molecule has 17 rings (SSSR count). The predicted molar refractivity (Wildman–Crippen MR) is 498 cm³/mol. The van der Waals surface area contributed by atoms with Crippen LogP contribution >= 0.6 is 0 Å². The molecule has 17 aliphatic rings. The molecule has 4 bridgehead atoms. The van der Waals surface area contributed by atoms with Gasteiger partial charge in [-0.3, -0.25) is 9.59 Å². The molecule has 8 saturated carbocycles. The van der Waals surface area contributed by atoms with E-state index in [0.717, 1.165) is 43.3 Å². The normalized spacial score (nSPS) is 53.1. The smallest absolute Gasteiger partial charge is 0.314 e. The topological polar surface area (TPSA) is 807 Å². The van der Waals surface area contributed by atoms with Crippen LogP contribution in [0.4, 0.5) is 0 Å². The largest absolute Gasteiger partial charge is 0.432 e. The van der Waals surface area contributed by atoms with Crippen LogP contribution in [-0.4, -0.2) is 532 Å². The lowest BCUT2D eigenvalue weighted by atomic mass is 9.41. The van der Waals surface area contributed by atoms with Crippen molar-refractivity contribution in [1.29, 1.82) is 0 Å². The molecule has 0 radical (unpaired) electrons. The maximum Gasteiger partial charge on any atom is 0.314 e. The van der Waals surface area contributed by atoms with E-state index < -0.39 is 381 Å². The first-order valence-corrected chi connectivity index (χ1v) is 52.9. The summed E-state index contributed by atoms with van der Waals surface area (Å²) in [6.07, 6.45) is -54.8. The Balaban J connectivity index is 0.000000216. The van der Waals surface area contributed by atoms with Crippen LogP contribution in [0.5, 0.6) is 0 Å². The molecule has 50 heteroatoms. The average molecular weight is 2160 g/mol. The molecule has 9 aliphatic heterocycles. The highest BCUT2D eigenvalue weighted by molar-refractivity contribution is 5.78. The van der Waals surface area contributed by atoms with Crippen LogP contribution in [0.25, 0.3) is 0 Å². The van der Waals surface area contributed by atoms with E-state index in [4.69, 9.17) is 85.3 Å². The van der Waals surface area contributed by atoms with Crippen LogP contribution in [0, 0.1) is 68.0 Å². The second kappa shape index (κ2) is 47.3. The average Bonchev–Trinajstić information content (AvgIpc) is 1.50. The number of hydrogen-bond acceptors (Lipinski definition) is 50. The third kappa shape index (κ3) is 21.7. The van der Waals surface area contributed by atoms with Crippen molar-refractivity contribution >= 4 is 11.9 Å². The quantitative estimate of drug-likeness (QED) is 0.0220. The molecule has 2 spiro atoms. The Hall–Kier alpha value is -3.42. The molecule has 0 amide bonds. The number of fused-ring (bicyclic) bond motifs is 6. The van der Waals surface area contributed by atoms with Crippen LogP contribution < -0.4 is 0 Å². The van der Waals surface area contributed by atoms with Gasteiger partial charge in [0.2, 0.25) is 12.6 Å². The van der Waals surface area contributed by atoms with Gasteiger partial charge in [0.25, 0.3) is 0 Å². The van der Waals surface area contributed by atoms with Crippen molar-refractivity contribution in [3.8, 4) is 0 Å². The molecule has 9 heterocycles. The van der Waals surface area contributed by atoms with E-state index in [9.17, 15) is 163 Å². The van der Waals surface area contributed by atoms with E-state index >= 15 is 0 Å². The van der Waals surface area contributed by atoms with Gasteiger partial charge in [-0.1, -0.05) is 39.8 Å². The molecule has 30 N–H and O–H groups in total. The van der Waals surface area contributed by atoms with E-state index in [1.54, 1.807) is 0 Å². The van der Waals surface area contributed by atoms with Gasteiger partial charge in [0.15, 0.2) is 25.0 Å². The van der Waals surface area contributed by atoms with Crippen molar-refractivity contribution in [1.82, 2.24) is 0 Å². The zero-order chi connectivity index (χ0) is 109. The molecule has 8 aliphatic carbocycles. The highest BCUT2D eigenvalue weighted by atomic mass is 16.8. The fourth-order valence-corrected chi connectivity index (χ4v) is 29.8. The Labute approximate surface area is 866 Å². The number of esters is 2. The van der Waals surface area contributed by atoms with Gasteiger partial charge in [0.05, 0.1) is 145 Å². The minimum absolute atomic E-state index is 0.0310. The first kappa shape index (κ1) is 119. The zero-order valence-corrected chi connectivity index (χ0v) is 84.9. The van der Waals surface area contributed by atoms with Gasteiger partial charge < -0.3 is 238 Å². The fourth-order valence-electron chi connectivity index (χ4n) is 29.8. The fraction of sp³-hybridized carbons (Fsp3) is 0.940. The standard InChI is InChI=1S/C53H86O28.C47H76O22/c1-21-11-52-9-5-30-50(2,7-4-8-51(30,3)49(71)81-48-45(41(68)36(63)27(16-58)78-48)80-47-43(70)40(67)35(62)26(15-57)77-47)31(52)6-10-53(21,20-52)73-19-29-44(79-46-42(69)39(66)34(61)25(14-56)76-46)22(32(59)23(12-54)75-29)17-72-18-28-37(64)38(65)33(60)24(13-55)74-28;1-20-12-46-10-6-28-44(3,8-5-9-45(28,4)43(61)69-42-39(60)37(58)33(54)25(15-50)67-42)29(46)7-11-47(20,19-46)63-18-27-40(68-41-38(59)35(56)30(51)21(2)64-41)22(31(52)23(13-48)66-27)16-62-17-26-34(55)36(57)32(53)24(14-49)65-26/h22-48,54-70H,1,4-20H2,2-3H3;21-42,48-60H,1,5-19H2,2-4H3/t22-,23?,24?,25?,26?,27?,28+,29+,30?,31+,32+,33-,34-,35-,36-,37?,38-,39-,40-,41-,42?,43?,44?,45?,46+,47+,48+,50-,51-,52-,53+;21?,22-,23?,24?,25?,26+,27+,28?,29+,30+,31+,32-,33-,34?,35+,36-,37-,38?,39?,40?,41+,42+,44-,45-,46-,47+/m11/s1. The summed E-state index contributed by atoms with van der Waals surface area (Å²) in [5.74, 6) is -3.71. The predicted octanol–water partition coefficient (Wildman–Crippen LogP) is -10.7. The first-order chi connectivity index (χ1) is 71.0. The van der Waals surface area contributed by atoms with Crippen molar-refractivity contribution < 1.29 is 248 Å². The lowest BCUT2D eigenvalue weighted by Gasteiger charge is -2.64. The zero-order valence-electron chi connectivity index (χ0n) is 84.9. The highest BCUT2D eigenvalue weighted by Gasteiger charge is 2.73. The molecule has 57 atom stereocenters. The summed E-state index contributed by atoms with van der Waals surface area (Å²) in [5.41, 5.74) is -3.61. The van der Waals surface area contributed by atoms with Crippen LogP contribution in [-0.2, 0) is 94.9 Å². The number of ether oxygens (including phenoxy) is 18. The molecule has 0 aromatic carbocycles. The summed E-state index contributed by atoms with van der Waals surface area (Å²) in [6.45, 7) is 11.1. The summed E-state index contributed by atoms with van der Waals surface area (Å²) in [7, 11) is 0. The summed E-state index contributed by atoms with van der Waals surface area (Å²) in [5, 5.41) is 316. The lowest BCUT2D eigenvalue weighted by molar-refractivity contribution is -0.363. The Morgan fingerprint density at radius 3 is 0.947 bits per heavy atom. The minimum Gasteiger partial charge on any atom is -0.432 e. The summed E-state index contributed by atoms with van der Waals surface area (Å²) >= 11 is 0. The monoisotopic (exact) mass is 2160 g/mol. The molecule has 9 saturated heterocycles. The molecule has 862 valence electrons. The van der Waals surface area contributed by atoms with Gasteiger partial charge in [-0.2, -0.15) is 0 Å². The van der Waals surface area contributed by atoms with Crippen molar-refractivity contribution in [2.45, 2.75) is 425 Å². The van der Waals surface area contributed by atoms with Crippen LogP contribution in [0.1, 0.15) is 150 Å². The molecule has 17 fully saturated rings. The Kier molecular flexibility index (Phi) is 37.5. The van der Waals surface area contributed by atoms with Crippen molar-refractivity contribution in [3.63, 3.8) is 0 Å². The summed E-state index contributed by atoms with van der Waals surface area (Å²) in [4.78, 5) is 29.1. The van der Waals surface area contributed by atoms with E-state index in [1.165, 1.54) is 6.92 Å². The maximum atomic E-state index is 14.9. The van der Waals surface area contributed by atoms with E-state index in [0.29, 0.717) is 83.5 Å². The van der Waals surface area contributed by atoms with E-state index in [-0.39, 0.29) is 66.3 Å². The highest BCUT2D eigenvalue weighted by Crippen LogP contribution is 2.76. The Morgan fingerprint density at radius 1 is 0.287 bits per heavy atom. The number of carbonyl (C=O) groups excluding carboxylic acids is 2. The molecular weight excluding hydrogens is 2000 g/mol. The molecule has 20 unspecified atom stereocenters. The lowest BCUT2D eigenvalue weighted by Crippen LogP contribution is -2.65. The second-order valence-corrected chi connectivity index (χ2v) is 46.7. The maximum absolute atomic E-state index is 14.9. The number of aliphatic hydroxyl groups is 30. The molecular formula is C100H162O50. The second-order valence-electron chi connectivity index (χ2n) is 46.7. The van der Waals surface area contributed by atoms with Crippen LogP contribution in [0.2, 0.25) is 0 Å². The molecule has 150 heavy (non-hydrogen) atoms. The van der Waals surface area contributed by atoms with Gasteiger partial charge >= 0.3 is 11.9 Å². The SMILES string of the molecule is C=C1C[C@@]23CCC4[C@](C)(C(=O)O[C@@H]5OC(CO)[C@@H](O)[C@@H](O)C5O)CCC[C@@]4(C)[C@@H]2CC[C@]1(OC[C@@H]1OC(CO)[C@@H](O)[C@@H](COC[C@@H]2OC(CO)[C@@H](O)[C@@H](O)C2O)C1O[C@@H]1OC(C)[C@H](O)[C@H](O)C1O)C3.C=C1C[C@@]23CCC4[C@](C)(C(=O)O[C@@H]5OC(CO)[C@@H](O)[C@@H](O)C5O[C@@H]5OC(CO)[C@@H](O)[C@@H](O)C5O)CCC[C@@]4(C)[C@@H]2CC[C@]1(OC[C@@H]1OC(CO)[C@@H](O)[C@@H](COC[C@@H]2OC(CO)[C@@H](O)[C@@H](O)C2O)C1O[C@@H]1OC(CO)[C@@H](O)[C@@H](O)C1O)C3. The third-order valence-corrected chi connectivity index (χ3v) is 38.2. The number of carbonyl (C=O) groups is 2. The Bertz CT molecular complexity index is 4450. The van der Waals surface area contributed by atoms with Crippen LogP contribution in [0.3, 0.4) is 0 Å². The van der Waals surface area contributed by atoms with E-state index in [2.05, 4.69) is 27.0 Å². The molecule has 0 aromatic rings. The van der Waals surface area contributed by atoms with Crippen molar-refractivity contribution in [2.24, 2.45) is 68.0 Å². The van der Waals surface area contributed by atoms with E-state index in [1.807, 2.05) is 13.8 Å². The Morgan fingerprint density at radius 2 is 0.573 bits per heavy atom. The van der Waals surface area contributed by atoms with Gasteiger partial charge in [-0.05, 0) is 180 Å². The van der Waals surface area contributed by atoms with Crippen LogP contribution in [0.15, 0.2) is 24.3 Å².